The third-order valence-electron chi connectivity index (χ3n) is 3.42. The first kappa shape index (κ1) is 15.5. The molecule has 1 heterocycles. The molecule has 2 unspecified atom stereocenters. The van der Waals surface area contributed by atoms with E-state index in [1.165, 1.54) is 0 Å². The minimum absolute atomic E-state index is 0.218. The van der Waals surface area contributed by atoms with Crippen molar-refractivity contribution in [2.45, 2.75) is 32.5 Å². The molecule has 0 saturated carbocycles. The Morgan fingerprint density at radius 1 is 1.43 bits per heavy atom. The van der Waals surface area contributed by atoms with Crippen LogP contribution in [0.15, 0.2) is 36.7 Å². The lowest BCUT2D eigenvalue weighted by Crippen LogP contribution is -2.34. The number of hydrogen-bond acceptors (Lipinski definition) is 4. The number of rotatable bonds is 7. The fraction of sp³-hybridized carbons (Fsp3) is 0.438. The fourth-order valence-corrected chi connectivity index (χ4v) is 2.29. The Hall–Kier alpha value is -1.85. The molecule has 0 bridgehead atoms. The van der Waals surface area contributed by atoms with E-state index in [1.807, 2.05) is 42.1 Å². The molecule has 0 aliphatic rings. The molecule has 114 valence electrons. The summed E-state index contributed by atoms with van der Waals surface area (Å²) in [6, 6.07) is 7.95. The average Bonchev–Trinajstić information content (AvgIpc) is 2.97. The molecule has 0 amide bonds. The summed E-state index contributed by atoms with van der Waals surface area (Å²) >= 11 is 0. The van der Waals surface area contributed by atoms with Gasteiger partial charge in [-0.1, -0.05) is 11.6 Å². The second kappa shape index (κ2) is 7.24. The van der Waals surface area contributed by atoms with Gasteiger partial charge in [-0.05, 0) is 32.0 Å². The minimum atomic E-state index is -0.597. The van der Waals surface area contributed by atoms with E-state index in [4.69, 9.17) is 4.74 Å². The summed E-state index contributed by atoms with van der Waals surface area (Å²) in [6.07, 6.45) is 3.09. The zero-order valence-electron chi connectivity index (χ0n) is 12.8. The summed E-state index contributed by atoms with van der Waals surface area (Å²) in [7, 11) is 1.62. The Bertz CT molecular complexity index is 555. The molecule has 5 heteroatoms. The molecular weight excluding hydrogens is 266 g/mol. The normalized spacial score (nSPS) is 13.9. The van der Waals surface area contributed by atoms with E-state index in [-0.39, 0.29) is 6.04 Å². The van der Waals surface area contributed by atoms with Crippen molar-refractivity contribution in [2.75, 3.05) is 13.7 Å². The van der Waals surface area contributed by atoms with Gasteiger partial charge in [-0.25, -0.2) is 0 Å². The van der Waals surface area contributed by atoms with Gasteiger partial charge in [0.2, 0.25) is 0 Å². The summed E-state index contributed by atoms with van der Waals surface area (Å²) < 4.78 is 7.18. The lowest BCUT2D eigenvalue weighted by atomic mass is 10.0. The van der Waals surface area contributed by atoms with Gasteiger partial charge in [0, 0.05) is 30.5 Å². The van der Waals surface area contributed by atoms with Crippen LogP contribution in [0.25, 0.3) is 0 Å². The quantitative estimate of drug-likeness (QED) is 0.817. The second-order valence-electron chi connectivity index (χ2n) is 5.30. The van der Waals surface area contributed by atoms with Crippen LogP contribution in [0, 0.1) is 6.92 Å². The molecule has 5 nitrogen and oxygen atoms in total. The predicted molar refractivity (Wildman–Crippen MR) is 82.4 cm³/mol. The van der Waals surface area contributed by atoms with Crippen LogP contribution in [0.1, 0.15) is 24.2 Å². The summed E-state index contributed by atoms with van der Waals surface area (Å²) in [6.45, 7) is 5.32. The van der Waals surface area contributed by atoms with Crippen LogP contribution >= 0.6 is 0 Å². The zero-order valence-corrected chi connectivity index (χ0v) is 12.8. The first-order valence-corrected chi connectivity index (χ1v) is 7.13. The van der Waals surface area contributed by atoms with Crippen molar-refractivity contribution >= 4 is 0 Å². The van der Waals surface area contributed by atoms with E-state index in [0.29, 0.717) is 6.54 Å². The van der Waals surface area contributed by atoms with E-state index in [1.54, 1.807) is 13.3 Å². The topological polar surface area (TPSA) is 59.3 Å². The Morgan fingerprint density at radius 3 is 2.90 bits per heavy atom. The molecule has 0 aliphatic heterocycles. The number of methoxy groups -OCH3 is 1. The van der Waals surface area contributed by atoms with Gasteiger partial charge in [-0.15, -0.1) is 0 Å². The Kier molecular flexibility index (Phi) is 5.36. The maximum absolute atomic E-state index is 10.4. The molecule has 1 aromatic heterocycles. The smallest absolute Gasteiger partial charge is 0.124 e. The van der Waals surface area contributed by atoms with Crippen molar-refractivity contribution in [3.63, 3.8) is 0 Å². The van der Waals surface area contributed by atoms with Crippen molar-refractivity contribution in [2.24, 2.45) is 0 Å². The van der Waals surface area contributed by atoms with Gasteiger partial charge >= 0.3 is 0 Å². The highest BCUT2D eigenvalue weighted by Crippen LogP contribution is 2.25. The van der Waals surface area contributed by atoms with Crippen molar-refractivity contribution in [3.8, 4) is 5.75 Å². The molecule has 1 aromatic carbocycles. The third-order valence-corrected chi connectivity index (χ3v) is 3.42. The maximum atomic E-state index is 10.4. The monoisotopic (exact) mass is 289 g/mol. The van der Waals surface area contributed by atoms with Gasteiger partial charge in [0.15, 0.2) is 0 Å². The highest BCUT2D eigenvalue weighted by Gasteiger charge is 2.14. The molecule has 0 saturated heterocycles. The molecular formula is C16H23N3O2. The molecule has 2 aromatic rings. The summed E-state index contributed by atoms with van der Waals surface area (Å²) in [5.74, 6) is 0.717. The first-order chi connectivity index (χ1) is 10.1. The highest BCUT2D eigenvalue weighted by atomic mass is 16.5. The minimum Gasteiger partial charge on any atom is -0.496 e. The van der Waals surface area contributed by atoms with Gasteiger partial charge in [-0.3, -0.25) is 4.68 Å². The number of aryl methyl sites for hydroxylation is 1. The zero-order chi connectivity index (χ0) is 15.2. The van der Waals surface area contributed by atoms with Gasteiger partial charge in [0.1, 0.15) is 5.75 Å². The SMILES string of the molecule is COc1ccc(C)cc1C(O)CNC(C)Cn1cccn1. The van der Waals surface area contributed by atoms with Gasteiger partial charge in [0.05, 0.1) is 19.8 Å². The number of benzene rings is 1. The average molecular weight is 289 g/mol. The number of nitrogens with zero attached hydrogens (tertiary/aromatic N) is 2. The number of aliphatic hydroxyl groups excluding tert-OH is 1. The van der Waals surface area contributed by atoms with Crippen LogP contribution in [0.4, 0.5) is 0 Å². The molecule has 2 atom stereocenters. The van der Waals surface area contributed by atoms with Crippen molar-refractivity contribution in [1.29, 1.82) is 0 Å². The van der Waals surface area contributed by atoms with Crippen LogP contribution in [-0.4, -0.2) is 34.6 Å². The van der Waals surface area contributed by atoms with Crippen LogP contribution < -0.4 is 10.1 Å². The summed E-state index contributed by atoms with van der Waals surface area (Å²) in [4.78, 5) is 0. The molecule has 0 radical (unpaired) electrons. The molecule has 21 heavy (non-hydrogen) atoms. The molecule has 0 fully saturated rings. The van der Waals surface area contributed by atoms with Crippen molar-refractivity contribution in [1.82, 2.24) is 15.1 Å². The lowest BCUT2D eigenvalue weighted by Gasteiger charge is -2.19. The van der Waals surface area contributed by atoms with Crippen LogP contribution in [-0.2, 0) is 6.54 Å². The van der Waals surface area contributed by atoms with E-state index < -0.39 is 6.10 Å². The largest absolute Gasteiger partial charge is 0.496 e. The second-order valence-corrected chi connectivity index (χ2v) is 5.30. The van der Waals surface area contributed by atoms with Crippen molar-refractivity contribution < 1.29 is 9.84 Å². The third kappa shape index (κ3) is 4.31. The van der Waals surface area contributed by atoms with Crippen LogP contribution in [0.5, 0.6) is 5.75 Å². The summed E-state index contributed by atoms with van der Waals surface area (Å²) in [5, 5.41) is 17.9. The number of aromatic nitrogens is 2. The number of ether oxygens (including phenoxy) is 1. The van der Waals surface area contributed by atoms with Crippen LogP contribution in [0.3, 0.4) is 0 Å². The Labute approximate surface area is 125 Å². The number of nitrogens with one attached hydrogen (secondary N) is 1. The molecule has 2 rings (SSSR count). The summed E-state index contributed by atoms with van der Waals surface area (Å²) in [5.41, 5.74) is 1.92. The van der Waals surface area contributed by atoms with Crippen LogP contribution in [0.2, 0.25) is 0 Å². The molecule has 0 aliphatic carbocycles. The van der Waals surface area contributed by atoms with E-state index >= 15 is 0 Å². The number of hydrogen-bond donors (Lipinski definition) is 2. The van der Waals surface area contributed by atoms with E-state index in [9.17, 15) is 5.11 Å². The molecule has 2 N–H and O–H groups in total. The fourth-order valence-electron chi connectivity index (χ4n) is 2.29. The number of aliphatic hydroxyl groups is 1. The van der Waals surface area contributed by atoms with Gasteiger partial charge in [0.25, 0.3) is 0 Å². The predicted octanol–water partition coefficient (Wildman–Crippen LogP) is 1.91. The van der Waals surface area contributed by atoms with E-state index in [0.717, 1.165) is 23.4 Å². The first-order valence-electron chi connectivity index (χ1n) is 7.13. The van der Waals surface area contributed by atoms with Gasteiger partial charge < -0.3 is 15.2 Å². The van der Waals surface area contributed by atoms with Gasteiger partial charge in [-0.2, -0.15) is 5.10 Å². The maximum Gasteiger partial charge on any atom is 0.124 e. The Morgan fingerprint density at radius 2 is 2.24 bits per heavy atom. The standard InChI is InChI=1S/C16H23N3O2/c1-12-5-6-16(21-3)14(9-12)15(20)10-17-13(2)11-19-8-4-7-18-19/h4-9,13,15,17,20H,10-11H2,1-3H3. The van der Waals surface area contributed by atoms with Crippen molar-refractivity contribution in [3.05, 3.63) is 47.8 Å². The van der Waals surface area contributed by atoms with E-state index in [2.05, 4.69) is 17.3 Å². The Balaban J connectivity index is 1.92. The highest BCUT2D eigenvalue weighted by molar-refractivity contribution is 5.38. The molecule has 0 spiro atoms. The lowest BCUT2D eigenvalue weighted by molar-refractivity contribution is 0.165.